The first kappa shape index (κ1) is 24.1. The minimum atomic E-state index is 0.325. The van der Waals surface area contributed by atoms with Crippen LogP contribution in [0.1, 0.15) is 0 Å². The van der Waals surface area contributed by atoms with Crippen LogP contribution in [-0.2, 0) is 0 Å². The van der Waals surface area contributed by atoms with Crippen LogP contribution in [0.5, 0.6) is 34.5 Å². The van der Waals surface area contributed by atoms with Crippen LogP contribution in [0.3, 0.4) is 0 Å². The predicted octanol–water partition coefficient (Wildman–Crippen LogP) is 4.78. The van der Waals surface area contributed by atoms with Crippen LogP contribution < -0.4 is 39.1 Å². The number of hydrogen-bond donors (Lipinski definition) is 2. The molecular formula is C22H25BrN4O6. The topological polar surface area (TPSA) is 105 Å². The standard InChI is InChI=1S/C22H25BrN4O6/c1-28-15-9-7-13(17(30-3)19(15)32-5)25-21-12(23)11-24-22(27-21)26-14-8-10-16(29-2)20(33-6)18(14)31-4/h7-11H,1-6H3,(H2,24,25,26,27). The largest absolute Gasteiger partial charge is 0.493 e. The summed E-state index contributed by atoms with van der Waals surface area (Å²) in [6.07, 6.45) is 1.62. The number of halogens is 1. The van der Waals surface area contributed by atoms with Crippen molar-refractivity contribution in [2.45, 2.75) is 0 Å². The van der Waals surface area contributed by atoms with Gasteiger partial charge in [0.15, 0.2) is 23.0 Å². The van der Waals surface area contributed by atoms with Crippen molar-refractivity contribution in [3.8, 4) is 34.5 Å². The van der Waals surface area contributed by atoms with Crippen molar-refractivity contribution in [2.75, 3.05) is 53.3 Å². The molecule has 33 heavy (non-hydrogen) atoms. The molecule has 10 nitrogen and oxygen atoms in total. The van der Waals surface area contributed by atoms with Gasteiger partial charge in [0.25, 0.3) is 0 Å². The number of anilines is 4. The van der Waals surface area contributed by atoms with Crippen LogP contribution in [0.25, 0.3) is 0 Å². The van der Waals surface area contributed by atoms with Crippen molar-refractivity contribution in [1.82, 2.24) is 9.97 Å². The molecule has 0 spiro atoms. The first-order chi connectivity index (χ1) is 16.0. The molecule has 1 heterocycles. The maximum Gasteiger partial charge on any atom is 0.229 e. The van der Waals surface area contributed by atoms with Crippen LogP contribution in [0.2, 0.25) is 0 Å². The highest BCUT2D eigenvalue weighted by atomic mass is 79.9. The van der Waals surface area contributed by atoms with Crippen molar-refractivity contribution >= 4 is 39.1 Å². The van der Waals surface area contributed by atoms with E-state index < -0.39 is 0 Å². The van der Waals surface area contributed by atoms with E-state index in [9.17, 15) is 0 Å². The maximum atomic E-state index is 5.54. The van der Waals surface area contributed by atoms with Crippen LogP contribution in [0, 0.1) is 0 Å². The number of methoxy groups -OCH3 is 6. The predicted molar refractivity (Wildman–Crippen MR) is 128 cm³/mol. The van der Waals surface area contributed by atoms with Gasteiger partial charge in [-0.2, -0.15) is 4.98 Å². The monoisotopic (exact) mass is 520 g/mol. The summed E-state index contributed by atoms with van der Waals surface area (Å²) in [5.74, 6) is 3.75. The fourth-order valence-corrected chi connectivity index (χ4v) is 3.45. The second kappa shape index (κ2) is 10.8. The summed E-state index contributed by atoms with van der Waals surface area (Å²) < 4.78 is 33.3. The molecule has 0 bridgehead atoms. The zero-order valence-electron chi connectivity index (χ0n) is 19.1. The van der Waals surface area contributed by atoms with Gasteiger partial charge in [-0.25, -0.2) is 4.98 Å². The van der Waals surface area contributed by atoms with E-state index >= 15 is 0 Å². The molecule has 3 aromatic rings. The third-order valence-electron chi connectivity index (χ3n) is 4.65. The molecule has 0 unspecified atom stereocenters. The lowest BCUT2D eigenvalue weighted by molar-refractivity contribution is 0.325. The quantitative estimate of drug-likeness (QED) is 0.387. The molecule has 0 fully saturated rings. The van der Waals surface area contributed by atoms with Crippen molar-refractivity contribution in [2.24, 2.45) is 0 Å². The molecule has 11 heteroatoms. The molecule has 2 aromatic carbocycles. The van der Waals surface area contributed by atoms with E-state index in [1.54, 1.807) is 73.1 Å². The van der Waals surface area contributed by atoms with Gasteiger partial charge in [0.1, 0.15) is 5.82 Å². The third kappa shape index (κ3) is 4.92. The SMILES string of the molecule is COc1ccc(Nc2ncc(Br)c(Nc3ccc(OC)c(OC)c3OC)n2)c(OC)c1OC. The van der Waals surface area contributed by atoms with Gasteiger partial charge in [0.05, 0.1) is 58.5 Å². The Labute approximate surface area is 200 Å². The van der Waals surface area contributed by atoms with E-state index in [1.165, 1.54) is 0 Å². The highest BCUT2D eigenvalue weighted by Crippen LogP contribution is 2.45. The summed E-state index contributed by atoms with van der Waals surface area (Å²) in [5, 5.41) is 6.39. The molecule has 0 aliphatic heterocycles. The minimum Gasteiger partial charge on any atom is -0.493 e. The van der Waals surface area contributed by atoms with Gasteiger partial charge in [-0.15, -0.1) is 0 Å². The van der Waals surface area contributed by atoms with Gasteiger partial charge < -0.3 is 39.1 Å². The van der Waals surface area contributed by atoms with E-state index in [4.69, 9.17) is 28.4 Å². The highest BCUT2D eigenvalue weighted by molar-refractivity contribution is 9.10. The average molecular weight is 521 g/mol. The molecule has 0 saturated heterocycles. The number of hydrogen-bond acceptors (Lipinski definition) is 10. The molecule has 1 aromatic heterocycles. The van der Waals surface area contributed by atoms with Crippen molar-refractivity contribution < 1.29 is 28.4 Å². The lowest BCUT2D eigenvalue weighted by atomic mass is 10.2. The van der Waals surface area contributed by atoms with E-state index in [0.717, 1.165) is 0 Å². The average Bonchev–Trinajstić information content (AvgIpc) is 2.84. The molecule has 2 N–H and O–H groups in total. The lowest BCUT2D eigenvalue weighted by Crippen LogP contribution is -2.05. The zero-order chi connectivity index (χ0) is 24.0. The number of nitrogens with zero attached hydrogens (tertiary/aromatic N) is 2. The normalized spacial score (nSPS) is 10.3. The van der Waals surface area contributed by atoms with Gasteiger partial charge in [-0.3, -0.25) is 0 Å². The van der Waals surface area contributed by atoms with E-state index in [1.807, 2.05) is 0 Å². The molecule has 0 radical (unpaired) electrons. The molecule has 0 atom stereocenters. The first-order valence-electron chi connectivity index (χ1n) is 9.65. The molecular weight excluding hydrogens is 496 g/mol. The molecule has 0 saturated carbocycles. The third-order valence-corrected chi connectivity index (χ3v) is 5.23. The summed E-state index contributed by atoms with van der Waals surface area (Å²) in [6, 6.07) is 7.12. The Morgan fingerprint density at radius 2 is 1.12 bits per heavy atom. The van der Waals surface area contributed by atoms with Crippen LogP contribution in [0.4, 0.5) is 23.1 Å². The second-order valence-corrected chi connectivity index (χ2v) is 7.26. The Balaban J connectivity index is 1.97. The molecule has 0 aliphatic rings. The Morgan fingerprint density at radius 1 is 0.636 bits per heavy atom. The van der Waals surface area contributed by atoms with Crippen LogP contribution >= 0.6 is 15.9 Å². The summed E-state index contributed by atoms with van der Waals surface area (Å²) in [7, 11) is 9.30. The van der Waals surface area contributed by atoms with E-state index in [2.05, 4.69) is 36.5 Å². The van der Waals surface area contributed by atoms with Crippen LogP contribution in [0.15, 0.2) is 34.9 Å². The fraction of sp³-hybridized carbons (Fsp3) is 0.273. The Bertz CT molecular complexity index is 1130. The lowest BCUT2D eigenvalue weighted by Gasteiger charge is -2.18. The van der Waals surface area contributed by atoms with Crippen molar-refractivity contribution in [1.29, 1.82) is 0 Å². The smallest absolute Gasteiger partial charge is 0.229 e. The summed E-state index contributed by atoms with van der Waals surface area (Å²) in [5.41, 5.74) is 1.23. The summed E-state index contributed by atoms with van der Waals surface area (Å²) >= 11 is 3.48. The summed E-state index contributed by atoms with van der Waals surface area (Å²) in [4.78, 5) is 8.91. The molecule has 0 amide bonds. The number of ether oxygens (including phenoxy) is 6. The molecule has 0 aliphatic carbocycles. The van der Waals surface area contributed by atoms with E-state index in [0.29, 0.717) is 62.1 Å². The number of benzene rings is 2. The van der Waals surface area contributed by atoms with Crippen molar-refractivity contribution in [3.05, 3.63) is 34.9 Å². The Morgan fingerprint density at radius 3 is 1.58 bits per heavy atom. The number of aromatic nitrogens is 2. The summed E-state index contributed by atoms with van der Waals surface area (Å²) in [6.45, 7) is 0. The zero-order valence-corrected chi connectivity index (χ0v) is 20.7. The van der Waals surface area contributed by atoms with Gasteiger partial charge in [-0.1, -0.05) is 0 Å². The number of rotatable bonds is 10. The van der Waals surface area contributed by atoms with Gasteiger partial charge in [-0.05, 0) is 40.2 Å². The second-order valence-electron chi connectivity index (χ2n) is 6.40. The molecule has 176 valence electrons. The number of nitrogens with one attached hydrogen (secondary N) is 2. The Kier molecular flexibility index (Phi) is 7.88. The fourth-order valence-electron chi connectivity index (χ4n) is 3.16. The molecule has 3 rings (SSSR count). The van der Waals surface area contributed by atoms with Crippen molar-refractivity contribution in [3.63, 3.8) is 0 Å². The minimum absolute atomic E-state index is 0.325. The highest BCUT2D eigenvalue weighted by Gasteiger charge is 2.19. The first-order valence-corrected chi connectivity index (χ1v) is 10.4. The van der Waals surface area contributed by atoms with E-state index in [-0.39, 0.29) is 0 Å². The van der Waals surface area contributed by atoms with Gasteiger partial charge in [0.2, 0.25) is 17.4 Å². The maximum absolute atomic E-state index is 5.54. The Hall–Kier alpha value is -3.60. The van der Waals surface area contributed by atoms with Crippen LogP contribution in [-0.4, -0.2) is 52.6 Å². The van der Waals surface area contributed by atoms with Gasteiger partial charge in [0, 0.05) is 6.20 Å². The van der Waals surface area contributed by atoms with Gasteiger partial charge >= 0.3 is 0 Å².